The van der Waals surface area contributed by atoms with Gasteiger partial charge in [0, 0.05) is 29.3 Å². The fourth-order valence-electron chi connectivity index (χ4n) is 4.60. The summed E-state index contributed by atoms with van der Waals surface area (Å²) in [4.78, 5) is 18.7. The van der Waals surface area contributed by atoms with E-state index in [1.165, 1.54) is 62.9 Å². The van der Waals surface area contributed by atoms with Gasteiger partial charge in [0.15, 0.2) is 0 Å². The van der Waals surface area contributed by atoms with Crippen LogP contribution in [0.4, 0.5) is 10.5 Å². The Labute approximate surface area is 161 Å². The van der Waals surface area contributed by atoms with Gasteiger partial charge in [-0.3, -0.25) is 4.90 Å². The number of amides is 2. The SMILES string of the molecule is O=C(Nc1ccccc1SC1CCCC1)N1CCC[C@@H](N2CCCC2)C1. The monoisotopic (exact) mass is 373 g/mol. The molecule has 1 saturated carbocycles. The average Bonchev–Trinajstić information content (AvgIpc) is 3.37. The molecule has 1 aromatic carbocycles. The standard InChI is InChI=1S/C21H31N3OS/c25-21(24-15-7-8-17(16-24)23-13-5-6-14-23)22-19-11-3-4-12-20(19)26-18-9-1-2-10-18/h3-4,11-12,17-18H,1-2,5-10,13-16H2,(H,22,25)/t17-/m1/s1. The molecule has 3 fully saturated rings. The topological polar surface area (TPSA) is 35.6 Å². The molecule has 1 aliphatic carbocycles. The van der Waals surface area contributed by atoms with Gasteiger partial charge in [0.05, 0.1) is 5.69 Å². The lowest BCUT2D eigenvalue weighted by Gasteiger charge is -2.37. The number of benzene rings is 1. The van der Waals surface area contributed by atoms with Crippen LogP contribution >= 0.6 is 11.8 Å². The van der Waals surface area contributed by atoms with Crippen LogP contribution in [0, 0.1) is 0 Å². The molecule has 5 heteroatoms. The summed E-state index contributed by atoms with van der Waals surface area (Å²) in [6.45, 7) is 4.18. The number of nitrogens with zero attached hydrogens (tertiary/aromatic N) is 2. The van der Waals surface area contributed by atoms with Crippen molar-refractivity contribution in [3.05, 3.63) is 24.3 Å². The lowest BCUT2D eigenvalue weighted by Crippen LogP contribution is -2.50. The summed E-state index contributed by atoms with van der Waals surface area (Å²) in [5.41, 5.74) is 0.984. The number of carbonyl (C=O) groups excluding carboxylic acids is 1. The summed E-state index contributed by atoms with van der Waals surface area (Å²) in [5, 5.41) is 3.92. The second-order valence-corrected chi connectivity index (χ2v) is 9.28. The lowest BCUT2D eigenvalue weighted by atomic mass is 10.0. The number of hydrogen-bond donors (Lipinski definition) is 1. The molecular weight excluding hydrogens is 342 g/mol. The number of nitrogens with one attached hydrogen (secondary N) is 1. The van der Waals surface area contributed by atoms with E-state index < -0.39 is 0 Å². The van der Waals surface area contributed by atoms with Crippen molar-refractivity contribution in [1.82, 2.24) is 9.80 Å². The molecule has 1 N–H and O–H groups in total. The molecule has 2 aliphatic heterocycles. The Morgan fingerprint density at radius 2 is 1.73 bits per heavy atom. The van der Waals surface area contributed by atoms with Crippen LogP contribution in [0.2, 0.25) is 0 Å². The molecule has 1 atom stereocenters. The minimum atomic E-state index is 0.0772. The van der Waals surface area contributed by atoms with E-state index in [0.717, 1.165) is 25.2 Å². The normalized spacial score (nSPS) is 24.9. The van der Waals surface area contributed by atoms with E-state index in [0.29, 0.717) is 11.3 Å². The molecule has 3 aliphatic rings. The maximum atomic E-state index is 12.9. The fraction of sp³-hybridized carbons (Fsp3) is 0.667. The number of urea groups is 1. The van der Waals surface area contributed by atoms with Crippen LogP contribution in [0.3, 0.4) is 0 Å². The van der Waals surface area contributed by atoms with Crippen molar-refractivity contribution < 1.29 is 4.79 Å². The molecule has 0 aromatic heterocycles. The zero-order chi connectivity index (χ0) is 17.8. The van der Waals surface area contributed by atoms with E-state index in [4.69, 9.17) is 0 Å². The van der Waals surface area contributed by atoms with Crippen molar-refractivity contribution in [2.75, 3.05) is 31.5 Å². The van der Waals surface area contributed by atoms with Crippen LogP contribution in [0.1, 0.15) is 51.4 Å². The van der Waals surface area contributed by atoms with Gasteiger partial charge in [-0.05, 0) is 63.7 Å². The first-order valence-corrected chi connectivity index (χ1v) is 11.2. The zero-order valence-electron chi connectivity index (χ0n) is 15.7. The number of piperidine rings is 1. The Morgan fingerprint density at radius 1 is 0.962 bits per heavy atom. The highest BCUT2D eigenvalue weighted by Crippen LogP contribution is 2.38. The molecule has 4 rings (SSSR count). The van der Waals surface area contributed by atoms with E-state index in [1.807, 2.05) is 22.7 Å². The molecule has 142 valence electrons. The number of para-hydroxylation sites is 1. The number of likely N-dealkylation sites (tertiary alicyclic amines) is 2. The van der Waals surface area contributed by atoms with Gasteiger partial charge in [-0.15, -0.1) is 11.8 Å². The molecule has 1 aromatic rings. The molecule has 4 nitrogen and oxygen atoms in total. The summed E-state index contributed by atoms with van der Waals surface area (Å²) in [5.74, 6) is 0. The van der Waals surface area contributed by atoms with Crippen molar-refractivity contribution in [2.24, 2.45) is 0 Å². The van der Waals surface area contributed by atoms with Gasteiger partial charge >= 0.3 is 6.03 Å². The van der Waals surface area contributed by atoms with E-state index in [2.05, 4.69) is 28.4 Å². The van der Waals surface area contributed by atoms with Crippen LogP contribution in [-0.4, -0.2) is 53.3 Å². The third-order valence-corrected chi connectivity index (χ3v) is 7.48. The van der Waals surface area contributed by atoms with Crippen molar-refractivity contribution in [1.29, 1.82) is 0 Å². The Morgan fingerprint density at radius 3 is 2.54 bits per heavy atom. The Balaban J connectivity index is 1.38. The highest BCUT2D eigenvalue weighted by molar-refractivity contribution is 8.00. The first-order chi connectivity index (χ1) is 12.8. The minimum Gasteiger partial charge on any atom is -0.323 e. The summed E-state index contributed by atoms with van der Waals surface area (Å²) in [7, 11) is 0. The second kappa shape index (κ2) is 8.66. The molecule has 26 heavy (non-hydrogen) atoms. The van der Waals surface area contributed by atoms with Gasteiger partial charge in [0.25, 0.3) is 0 Å². The van der Waals surface area contributed by atoms with Gasteiger partial charge in [0.1, 0.15) is 0 Å². The predicted octanol–water partition coefficient (Wildman–Crippen LogP) is 4.81. The maximum absolute atomic E-state index is 12.9. The van der Waals surface area contributed by atoms with E-state index in [1.54, 1.807) is 0 Å². The molecule has 0 unspecified atom stereocenters. The van der Waals surface area contributed by atoms with Gasteiger partial charge < -0.3 is 10.2 Å². The highest BCUT2D eigenvalue weighted by Gasteiger charge is 2.29. The van der Waals surface area contributed by atoms with Crippen molar-refractivity contribution in [2.45, 2.75) is 67.6 Å². The lowest BCUT2D eigenvalue weighted by molar-refractivity contribution is 0.131. The highest BCUT2D eigenvalue weighted by atomic mass is 32.2. The molecular formula is C21H31N3OS. The van der Waals surface area contributed by atoms with Gasteiger partial charge in [-0.1, -0.05) is 25.0 Å². The van der Waals surface area contributed by atoms with E-state index in [9.17, 15) is 4.79 Å². The smallest absolute Gasteiger partial charge is 0.321 e. The third-order valence-electron chi connectivity index (χ3n) is 6.07. The number of rotatable bonds is 4. The second-order valence-electron chi connectivity index (χ2n) is 7.94. The average molecular weight is 374 g/mol. The van der Waals surface area contributed by atoms with E-state index in [-0.39, 0.29) is 6.03 Å². The van der Waals surface area contributed by atoms with Crippen LogP contribution in [0.5, 0.6) is 0 Å². The zero-order valence-corrected chi connectivity index (χ0v) is 16.5. The summed E-state index contributed by atoms with van der Waals surface area (Å²) < 4.78 is 0. The Bertz CT molecular complexity index is 611. The molecule has 2 saturated heterocycles. The predicted molar refractivity (Wildman–Crippen MR) is 109 cm³/mol. The van der Waals surface area contributed by atoms with Crippen LogP contribution in [0.25, 0.3) is 0 Å². The summed E-state index contributed by atoms with van der Waals surface area (Å²) in [6, 6.07) is 8.95. The largest absolute Gasteiger partial charge is 0.323 e. The van der Waals surface area contributed by atoms with Crippen LogP contribution in [0.15, 0.2) is 29.2 Å². The molecule has 0 radical (unpaired) electrons. The van der Waals surface area contributed by atoms with Crippen molar-refractivity contribution in [3.63, 3.8) is 0 Å². The summed E-state index contributed by atoms with van der Waals surface area (Å²) >= 11 is 1.95. The number of hydrogen-bond acceptors (Lipinski definition) is 3. The van der Waals surface area contributed by atoms with Crippen LogP contribution in [-0.2, 0) is 0 Å². The molecule has 2 amide bonds. The van der Waals surface area contributed by atoms with Crippen LogP contribution < -0.4 is 5.32 Å². The van der Waals surface area contributed by atoms with Gasteiger partial charge in [0.2, 0.25) is 0 Å². The molecule has 0 spiro atoms. The van der Waals surface area contributed by atoms with Gasteiger partial charge in [-0.2, -0.15) is 0 Å². The number of thioether (sulfide) groups is 1. The number of carbonyl (C=O) groups is 1. The summed E-state index contributed by atoms with van der Waals surface area (Å²) in [6.07, 6.45) is 10.3. The first kappa shape index (κ1) is 18.2. The van der Waals surface area contributed by atoms with Gasteiger partial charge in [-0.25, -0.2) is 4.79 Å². The van der Waals surface area contributed by atoms with Crippen molar-refractivity contribution >= 4 is 23.5 Å². The molecule has 0 bridgehead atoms. The van der Waals surface area contributed by atoms with E-state index >= 15 is 0 Å². The molecule has 2 heterocycles. The Kier molecular flexibility index (Phi) is 6.05. The quantitative estimate of drug-likeness (QED) is 0.822. The minimum absolute atomic E-state index is 0.0772. The maximum Gasteiger partial charge on any atom is 0.321 e. The fourth-order valence-corrected chi connectivity index (χ4v) is 5.93. The van der Waals surface area contributed by atoms with Crippen molar-refractivity contribution in [3.8, 4) is 0 Å². The third kappa shape index (κ3) is 4.37. The number of anilines is 1. The first-order valence-electron chi connectivity index (χ1n) is 10.4. The Hall–Kier alpha value is -1.20.